The molecule has 2 aromatic carbocycles. The number of halogens is 1. The Hall–Kier alpha value is -3.74. The monoisotopic (exact) mass is 632 g/mol. The Morgan fingerprint density at radius 1 is 1.07 bits per heavy atom. The van der Waals surface area contributed by atoms with Crippen molar-refractivity contribution >= 4 is 39.7 Å². The summed E-state index contributed by atoms with van der Waals surface area (Å²) in [5.74, 6) is -0.667. The standard InChI is InChI=1S/C33H38BFN4O5S/c1-20-17-21(7-14-26(20)34-43-32(2,3)33(4,5)44-34)15-16-45(41,42)38-27-19-39-28(18-25(27)22-8-9-22)29(31(40)36-6)30(37-39)23-10-12-24(35)13-11-23/h7,10-14,17-19,22,38H,8-9,15-16H2,1-6H3,(H,36,40). The summed E-state index contributed by atoms with van der Waals surface area (Å²) in [6.07, 6.45) is 3.79. The van der Waals surface area contributed by atoms with Crippen molar-refractivity contribution in [3.8, 4) is 11.3 Å². The molecular formula is C33H38BFN4O5S. The molecule has 1 saturated carbocycles. The highest BCUT2D eigenvalue weighted by Crippen LogP contribution is 2.45. The first kappa shape index (κ1) is 31.3. The van der Waals surface area contributed by atoms with Crippen molar-refractivity contribution in [1.29, 1.82) is 0 Å². The van der Waals surface area contributed by atoms with Crippen molar-refractivity contribution in [2.75, 3.05) is 17.5 Å². The number of nitrogens with zero attached hydrogens (tertiary/aromatic N) is 2. The number of amides is 1. The second-order valence-electron chi connectivity index (χ2n) is 13.0. The van der Waals surface area contributed by atoms with E-state index in [-0.39, 0.29) is 17.6 Å². The van der Waals surface area contributed by atoms with Crippen LogP contribution in [0.1, 0.15) is 73.5 Å². The smallest absolute Gasteiger partial charge is 0.399 e. The van der Waals surface area contributed by atoms with Gasteiger partial charge in [0.15, 0.2) is 0 Å². The first-order valence-electron chi connectivity index (χ1n) is 15.2. The molecule has 2 aliphatic rings. The van der Waals surface area contributed by atoms with E-state index in [1.807, 2.05) is 58.9 Å². The molecule has 45 heavy (non-hydrogen) atoms. The molecule has 2 N–H and O–H groups in total. The van der Waals surface area contributed by atoms with Crippen molar-refractivity contribution in [2.24, 2.45) is 0 Å². The molecule has 2 aromatic heterocycles. The Bertz CT molecular complexity index is 1890. The third-order valence-electron chi connectivity index (χ3n) is 9.16. The number of nitrogens with one attached hydrogen (secondary N) is 2. The normalized spacial score (nSPS) is 17.5. The molecule has 1 amide bonds. The summed E-state index contributed by atoms with van der Waals surface area (Å²) in [6, 6.07) is 13.5. The number of fused-ring (bicyclic) bond motifs is 1. The van der Waals surface area contributed by atoms with E-state index in [1.165, 1.54) is 23.7 Å². The molecule has 4 aromatic rings. The van der Waals surface area contributed by atoms with Gasteiger partial charge in [0.2, 0.25) is 10.0 Å². The van der Waals surface area contributed by atoms with Gasteiger partial charge in [0.25, 0.3) is 5.91 Å². The fourth-order valence-electron chi connectivity index (χ4n) is 5.68. The Morgan fingerprint density at radius 3 is 2.33 bits per heavy atom. The van der Waals surface area contributed by atoms with Crippen molar-refractivity contribution < 1.29 is 26.9 Å². The van der Waals surface area contributed by atoms with Crippen LogP contribution in [0.25, 0.3) is 16.8 Å². The zero-order valence-electron chi connectivity index (χ0n) is 26.4. The summed E-state index contributed by atoms with van der Waals surface area (Å²) < 4.78 is 57.2. The molecule has 3 heterocycles. The average molecular weight is 633 g/mol. The molecule has 12 heteroatoms. The van der Waals surface area contributed by atoms with Crippen LogP contribution >= 0.6 is 0 Å². The van der Waals surface area contributed by atoms with Crippen LogP contribution in [0.15, 0.2) is 54.7 Å². The van der Waals surface area contributed by atoms with Crippen molar-refractivity contribution in [2.45, 2.75) is 71.0 Å². The van der Waals surface area contributed by atoms with E-state index < -0.39 is 34.2 Å². The lowest BCUT2D eigenvalue weighted by atomic mass is 9.75. The summed E-state index contributed by atoms with van der Waals surface area (Å²) in [7, 11) is -2.69. The van der Waals surface area contributed by atoms with Gasteiger partial charge in [0.05, 0.1) is 39.9 Å². The van der Waals surface area contributed by atoms with Crippen molar-refractivity contribution in [3.63, 3.8) is 0 Å². The minimum atomic E-state index is -3.74. The minimum Gasteiger partial charge on any atom is -0.399 e. The predicted octanol–water partition coefficient (Wildman–Crippen LogP) is 4.97. The SMILES string of the molecule is CNC(=O)c1c(-c2ccc(F)cc2)nn2cc(NS(=O)(=O)CCc3ccc(B4OC(C)(C)C(C)(C)O4)c(C)c3)c(C3CC3)cc12. The highest BCUT2D eigenvalue weighted by atomic mass is 32.2. The van der Waals surface area contributed by atoms with Crippen LogP contribution in [0.5, 0.6) is 0 Å². The zero-order valence-corrected chi connectivity index (χ0v) is 27.2. The van der Waals surface area contributed by atoms with E-state index in [2.05, 4.69) is 15.1 Å². The third-order valence-corrected chi connectivity index (χ3v) is 10.4. The molecule has 9 nitrogen and oxygen atoms in total. The summed E-state index contributed by atoms with van der Waals surface area (Å²) >= 11 is 0. The Balaban J connectivity index is 1.25. The molecule has 0 unspecified atom stereocenters. The number of aryl methyl sites for hydroxylation is 2. The van der Waals surface area contributed by atoms with E-state index in [0.717, 1.165) is 35.0 Å². The van der Waals surface area contributed by atoms with Crippen molar-refractivity contribution in [1.82, 2.24) is 14.9 Å². The number of anilines is 1. The minimum absolute atomic E-state index is 0.117. The molecule has 0 bridgehead atoms. The van der Waals surface area contributed by atoms with E-state index in [1.54, 1.807) is 18.3 Å². The van der Waals surface area contributed by atoms with Gasteiger partial charge in [-0.2, -0.15) is 5.10 Å². The van der Waals surface area contributed by atoms with Gasteiger partial charge in [-0.15, -0.1) is 0 Å². The molecule has 0 atom stereocenters. The predicted molar refractivity (Wildman–Crippen MR) is 174 cm³/mol. The molecule has 1 aliphatic heterocycles. The Morgan fingerprint density at radius 2 is 1.73 bits per heavy atom. The van der Waals surface area contributed by atoms with Gasteiger partial charge >= 0.3 is 7.12 Å². The fraction of sp³-hybridized carbons (Fsp3) is 0.394. The molecule has 0 spiro atoms. The quantitative estimate of drug-likeness (QED) is 0.252. The molecule has 0 radical (unpaired) electrons. The third kappa shape index (κ3) is 6.11. The first-order chi connectivity index (χ1) is 21.2. The summed E-state index contributed by atoms with van der Waals surface area (Å²) in [5.41, 5.74) is 5.01. The van der Waals surface area contributed by atoms with E-state index in [0.29, 0.717) is 34.4 Å². The van der Waals surface area contributed by atoms with Gasteiger partial charge in [-0.25, -0.2) is 17.3 Å². The number of aromatic nitrogens is 2. The summed E-state index contributed by atoms with van der Waals surface area (Å²) in [4.78, 5) is 13.0. The van der Waals surface area contributed by atoms with Crippen LogP contribution in [0.3, 0.4) is 0 Å². The van der Waals surface area contributed by atoms with E-state index >= 15 is 0 Å². The van der Waals surface area contributed by atoms with Crippen LogP contribution in [0, 0.1) is 12.7 Å². The summed E-state index contributed by atoms with van der Waals surface area (Å²) in [5, 5.41) is 7.30. The van der Waals surface area contributed by atoms with Crippen LogP contribution in [0.2, 0.25) is 0 Å². The number of hydrogen-bond acceptors (Lipinski definition) is 6. The van der Waals surface area contributed by atoms with Gasteiger partial charge < -0.3 is 14.6 Å². The molecule has 6 rings (SSSR count). The fourth-order valence-corrected chi connectivity index (χ4v) is 6.79. The van der Waals surface area contributed by atoms with Gasteiger partial charge in [-0.05, 0) is 107 Å². The molecule has 2 fully saturated rings. The maximum Gasteiger partial charge on any atom is 0.495 e. The largest absolute Gasteiger partial charge is 0.495 e. The van der Waals surface area contributed by atoms with Gasteiger partial charge in [0, 0.05) is 12.6 Å². The number of hydrogen-bond donors (Lipinski definition) is 2. The van der Waals surface area contributed by atoms with E-state index in [9.17, 15) is 17.6 Å². The summed E-state index contributed by atoms with van der Waals surface area (Å²) in [6.45, 7) is 10.0. The highest BCUT2D eigenvalue weighted by molar-refractivity contribution is 7.92. The Kier molecular flexibility index (Phi) is 7.82. The van der Waals surface area contributed by atoms with Gasteiger partial charge in [-0.1, -0.05) is 23.8 Å². The number of rotatable bonds is 9. The maximum atomic E-state index is 13.6. The second-order valence-corrected chi connectivity index (χ2v) is 14.8. The lowest BCUT2D eigenvalue weighted by molar-refractivity contribution is 0.00578. The first-order valence-corrected chi connectivity index (χ1v) is 16.8. The lowest BCUT2D eigenvalue weighted by Crippen LogP contribution is -2.41. The van der Waals surface area contributed by atoms with Gasteiger partial charge in [0.1, 0.15) is 11.5 Å². The van der Waals surface area contributed by atoms with Crippen LogP contribution < -0.4 is 15.5 Å². The average Bonchev–Trinajstić information content (AvgIpc) is 3.71. The number of benzene rings is 2. The molecule has 1 saturated heterocycles. The topological polar surface area (TPSA) is 111 Å². The molecule has 236 valence electrons. The highest BCUT2D eigenvalue weighted by Gasteiger charge is 2.52. The van der Waals surface area contributed by atoms with Gasteiger partial charge in [-0.3, -0.25) is 9.52 Å². The number of carbonyl (C=O) groups is 1. The van der Waals surface area contributed by atoms with Crippen LogP contribution in [0.4, 0.5) is 10.1 Å². The zero-order chi connectivity index (χ0) is 32.3. The lowest BCUT2D eigenvalue weighted by Gasteiger charge is -2.32. The van der Waals surface area contributed by atoms with Crippen LogP contribution in [-0.4, -0.2) is 55.1 Å². The maximum absolute atomic E-state index is 13.6. The Labute approximate surface area is 263 Å². The van der Waals surface area contributed by atoms with Crippen LogP contribution in [-0.2, 0) is 25.8 Å². The number of pyridine rings is 1. The molecular weight excluding hydrogens is 594 g/mol. The number of carbonyl (C=O) groups excluding carboxylic acids is 1. The molecule has 1 aliphatic carbocycles. The van der Waals surface area contributed by atoms with E-state index in [4.69, 9.17) is 9.31 Å². The van der Waals surface area contributed by atoms with Crippen molar-refractivity contribution in [3.05, 3.63) is 82.8 Å². The second kappa shape index (κ2) is 11.3. The number of sulfonamides is 1.